The molecule has 8 heteroatoms. The van der Waals surface area contributed by atoms with E-state index >= 15 is 0 Å². The summed E-state index contributed by atoms with van der Waals surface area (Å²) >= 11 is 0. The molecule has 2 N–H and O–H groups in total. The monoisotopic (exact) mass is 393 g/mol. The van der Waals surface area contributed by atoms with Gasteiger partial charge in [-0.2, -0.15) is 15.1 Å². The molecule has 1 aliphatic rings. The van der Waals surface area contributed by atoms with Gasteiger partial charge in [0.05, 0.1) is 0 Å². The molecular formula is C21H27N7O. The Bertz CT molecular complexity index is 963. The Morgan fingerprint density at radius 2 is 1.86 bits per heavy atom. The van der Waals surface area contributed by atoms with Crippen molar-refractivity contribution < 1.29 is 4.74 Å². The van der Waals surface area contributed by atoms with E-state index in [9.17, 15) is 0 Å². The molecule has 0 spiro atoms. The van der Waals surface area contributed by atoms with Crippen molar-refractivity contribution in [3.8, 4) is 6.01 Å². The van der Waals surface area contributed by atoms with Crippen molar-refractivity contribution >= 4 is 17.5 Å². The van der Waals surface area contributed by atoms with Gasteiger partial charge in [0.25, 0.3) is 0 Å². The number of likely N-dealkylation sites (N-methyl/N-ethyl adjacent to an activating group) is 1. The van der Waals surface area contributed by atoms with Crippen molar-refractivity contribution in [1.82, 2.24) is 25.1 Å². The molecule has 4 rings (SSSR count). The first-order valence-electron chi connectivity index (χ1n) is 9.85. The normalized spacial score (nSPS) is 14.8. The second kappa shape index (κ2) is 8.48. The Morgan fingerprint density at radius 1 is 1.03 bits per heavy atom. The first kappa shape index (κ1) is 19.2. The van der Waals surface area contributed by atoms with Crippen LogP contribution in [0.25, 0.3) is 0 Å². The Kier molecular flexibility index (Phi) is 5.62. The number of aromatic amines is 1. The highest BCUT2D eigenvalue weighted by atomic mass is 16.5. The summed E-state index contributed by atoms with van der Waals surface area (Å²) < 4.78 is 5.96. The van der Waals surface area contributed by atoms with E-state index in [2.05, 4.69) is 61.4 Å². The Morgan fingerprint density at radius 3 is 2.59 bits per heavy atom. The van der Waals surface area contributed by atoms with Gasteiger partial charge in [0.2, 0.25) is 0 Å². The number of hydrogen-bond donors (Lipinski definition) is 2. The topological polar surface area (TPSA) is 82.2 Å². The molecule has 3 heterocycles. The average molecular weight is 393 g/mol. The molecule has 0 radical (unpaired) electrons. The summed E-state index contributed by atoms with van der Waals surface area (Å²) in [5.74, 6) is 2.25. The van der Waals surface area contributed by atoms with Crippen LogP contribution < -0.4 is 15.0 Å². The molecule has 0 aliphatic carbocycles. The summed E-state index contributed by atoms with van der Waals surface area (Å²) in [6.07, 6.45) is 0. The smallest absolute Gasteiger partial charge is 0.320 e. The Labute approximate surface area is 170 Å². The zero-order valence-corrected chi connectivity index (χ0v) is 17.1. The van der Waals surface area contributed by atoms with Crippen LogP contribution in [-0.4, -0.2) is 58.3 Å². The average Bonchev–Trinajstić information content (AvgIpc) is 3.11. The molecule has 3 aromatic rings. The van der Waals surface area contributed by atoms with Crippen LogP contribution >= 0.6 is 0 Å². The summed E-state index contributed by atoms with van der Waals surface area (Å²) in [6.45, 7) is 8.31. The maximum absolute atomic E-state index is 5.96. The molecule has 0 amide bonds. The number of H-pyrrole nitrogens is 1. The predicted molar refractivity (Wildman–Crippen MR) is 114 cm³/mol. The van der Waals surface area contributed by atoms with E-state index in [0.717, 1.165) is 49.1 Å². The van der Waals surface area contributed by atoms with Gasteiger partial charge in [0.1, 0.15) is 18.2 Å². The first-order valence-corrected chi connectivity index (χ1v) is 9.85. The van der Waals surface area contributed by atoms with E-state index in [1.165, 1.54) is 5.56 Å². The Balaban J connectivity index is 1.56. The number of benzene rings is 1. The second-order valence-corrected chi connectivity index (χ2v) is 7.52. The minimum absolute atomic E-state index is 0.359. The lowest BCUT2D eigenvalue weighted by atomic mass is 10.1. The third kappa shape index (κ3) is 5.03. The van der Waals surface area contributed by atoms with Crippen molar-refractivity contribution in [2.75, 3.05) is 43.4 Å². The van der Waals surface area contributed by atoms with Gasteiger partial charge in [-0.15, -0.1) is 0 Å². The van der Waals surface area contributed by atoms with Crippen molar-refractivity contribution in [1.29, 1.82) is 0 Å². The number of ether oxygens (including phenoxy) is 1. The number of anilines is 3. The summed E-state index contributed by atoms with van der Waals surface area (Å²) in [7, 11) is 2.14. The van der Waals surface area contributed by atoms with E-state index in [1.54, 1.807) is 0 Å². The summed E-state index contributed by atoms with van der Waals surface area (Å²) in [5.41, 5.74) is 3.28. The van der Waals surface area contributed by atoms with E-state index < -0.39 is 0 Å². The molecular weight excluding hydrogens is 366 g/mol. The molecule has 0 saturated carbocycles. The minimum Gasteiger partial charge on any atom is -0.458 e. The van der Waals surface area contributed by atoms with Crippen LogP contribution in [0.1, 0.15) is 16.8 Å². The van der Waals surface area contributed by atoms with Gasteiger partial charge in [-0.25, -0.2) is 0 Å². The van der Waals surface area contributed by atoms with Crippen molar-refractivity contribution in [3.63, 3.8) is 0 Å². The van der Waals surface area contributed by atoms with Crippen LogP contribution in [0.15, 0.2) is 36.4 Å². The SMILES string of the molecule is Cc1cccc(COc2nc(Nc3cc(C)[nH]n3)cc(N3CCN(C)CC3)n2)c1. The number of nitrogens with zero attached hydrogens (tertiary/aromatic N) is 5. The zero-order chi connectivity index (χ0) is 20.2. The summed E-state index contributed by atoms with van der Waals surface area (Å²) in [5, 5.41) is 10.4. The van der Waals surface area contributed by atoms with Gasteiger partial charge in [-0.05, 0) is 26.5 Å². The predicted octanol–water partition coefficient (Wildman–Crippen LogP) is 2.89. The molecule has 0 unspecified atom stereocenters. The summed E-state index contributed by atoms with van der Waals surface area (Å²) in [6, 6.07) is 12.5. The van der Waals surface area contributed by atoms with Crippen LogP contribution in [0.4, 0.5) is 17.5 Å². The lowest BCUT2D eigenvalue weighted by Gasteiger charge is -2.33. The van der Waals surface area contributed by atoms with Gasteiger partial charge in [0, 0.05) is 44.0 Å². The van der Waals surface area contributed by atoms with Crippen molar-refractivity contribution in [3.05, 3.63) is 53.2 Å². The Hall–Kier alpha value is -3.13. The third-order valence-corrected chi connectivity index (χ3v) is 4.93. The highest BCUT2D eigenvalue weighted by Crippen LogP contribution is 2.23. The van der Waals surface area contributed by atoms with Crippen LogP contribution in [-0.2, 0) is 6.61 Å². The molecule has 2 aromatic heterocycles. The molecule has 0 bridgehead atoms. The van der Waals surface area contributed by atoms with Gasteiger partial charge in [-0.1, -0.05) is 29.8 Å². The maximum atomic E-state index is 5.96. The molecule has 1 saturated heterocycles. The lowest BCUT2D eigenvalue weighted by molar-refractivity contribution is 0.279. The van der Waals surface area contributed by atoms with Gasteiger partial charge < -0.3 is 19.9 Å². The molecule has 1 fully saturated rings. The van der Waals surface area contributed by atoms with Crippen LogP contribution in [0.2, 0.25) is 0 Å². The highest BCUT2D eigenvalue weighted by molar-refractivity contribution is 5.57. The molecule has 1 aliphatic heterocycles. The van der Waals surface area contributed by atoms with Gasteiger partial charge in [-0.3, -0.25) is 5.10 Å². The fourth-order valence-electron chi connectivity index (χ4n) is 3.30. The van der Waals surface area contributed by atoms with Crippen molar-refractivity contribution in [2.24, 2.45) is 0 Å². The zero-order valence-electron chi connectivity index (χ0n) is 17.1. The standard InChI is InChI=1S/C21H27N7O/c1-15-5-4-6-17(11-15)14-29-21-23-18(22-19-12-16(2)25-26-19)13-20(24-21)28-9-7-27(3)8-10-28/h4-6,11-13H,7-10,14H2,1-3H3,(H2,22,23,24,25,26). The third-order valence-electron chi connectivity index (χ3n) is 4.93. The number of aromatic nitrogens is 4. The molecule has 152 valence electrons. The van der Waals surface area contributed by atoms with E-state index in [1.807, 2.05) is 31.2 Å². The van der Waals surface area contributed by atoms with E-state index in [0.29, 0.717) is 18.4 Å². The number of aryl methyl sites for hydroxylation is 2. The van der Waals surface area contributed by atoms with Crippen LogP contribution in [0.3, 0.4) is 0 Å². The maximum Gasteiger partial charge on any atom is 0.320 e. The van der Waals surface area contributed by atoms with E-state index in [4.69, 9.17) is 4.74 Å². The summed E-state index contributed by atoms with van der Waals surface area (Å²) in [4.78, 5) is 13.8. The molecule has 29 heavy (non-hydrogen) atoms. The van der Waals surface area contributed by atoms with Gasteiger partial charge in [0.15, 0.2) is 5.82 Å². The number of rotatable bonds is 6. The van der Waals surface area contributed by atoms with Crippen LogP contribution in [0, 0.1) is 13.8 Å². The number of hydrogen-bond acceptors (Lipinski definition) is 7. The first-order chi connectivity index (χ1) is 14.0. The fourth-order valence-corrected chi connectivity index (χ4v) is 3.30. The van der Waals surface area contributed by atoms with Gasteiger partial charge >= 0.3 is 6.01 Å². The van der Waals surface area contributed by atoms with E-state index in [-0.39, 0.29) is 0 Å². The minimum atomic E-state index is 0.359. The molecule has 0 atom stereocenters. The highest BCUT2D eigenvalue weighted by Gasteiger charge is 2.18. The molecule has 1 aromatic carbocycles. The lowest BCUT2D eigenvalue weighted by Crippen LogP contribution is -2.44. The number of piperazine rings is 1. The molecule has 8 nitrogen and oxygen atoms in total. The van der Waals surface area contributed by atoms with Crippen molar-refractivity contribution in [2.45, 2.75) is 20.5 Å². The second-order valence-electron chi connectivity index (χ2n) is 7.52. The number of nitrogens with one attached hydrogen (secondary N) is 2. The van der Waals surface area contributed by atoms with Crippen LogP contribution in [0.5, 0.6) is 6.01 Å². The quantitative estimate of drug-likeness (QED) is 0.666. The fraction of sp³-hybridized carbons (Fsp3) is 0.381. The largest absolute Gasteiger partial charge is 0.458 e.